The van der Waals surface area contributed by atoms with Gasteiger partial charge >= 0.3 is 0 Å². The maximum absolute atomic E-state index is 12.5. The number of hydrogen-bond donors (Lipinski definition) is 2. The van der Waals surface area contributed by atoms with E-state index in [2.05, 4.69) is 48.6 Å². The smallest absolute Gasteiger partial charge is 0.258 e. The number of pyridine rings is 1. The van der Waals surface area contributed by atoms with Crippen LogP contribution in [0.3, 0.4) is 0 Å². The maximum atomic E-state index is 12.5. The molecule has 3 aromatic rings. The van der Waals surface area contributed by atoms with Gasteiger partial charge in [0.2, 0.25) is 0 Å². The number of anilines is 2. The molecule has 0 fully saturated rings. The van der Waals surface area contributed by atoms with Gasteiger partial charge in [-0.3, -0.25) is 4.79 Å². The average Bonchev–Trinajstić information content (AvgIpc) is 2.89. The van der Waals surface area contributed by atoms with Crippen LogP contribution in [0.5, 0.6) is 5.75 Å². The molecular formula is C26H34N4O2. The first-order chi connectivity index (χ1) is 15.4. The lowest BCUT2D eigenvalue weighted by Crippen LogP contribution is -2.33. The molecule has 1 aromatic heterocycles. The molecule has 0 radical (unpaired) electrons. The molecule has 32 heavy (non-hydrogen) atoms. The molecule has 0 amide bonds. The van der Waals surface area contributed by atoms with Gasteiger partial charge in [-0.1, -0.05) is 32.0 Å². The predicted octanol–water partition coefficient (Wildman–Crippen LogP) is 3.95. The van der Waals surface area contributed by atoms with Gasteiger partial charge in [0, 0.05) is 50.9 Å². The summed E-state index contributed by atoms with van der Waals surface area (Å²) in [5.74, 6) is 0.903. The highest BCUT2D eigenvalue weighted by atomic mass is 16.5. The molecule has 0 atom stereocenters. The normalized spacial score (nSPS) is 15.2. The van der Waals surface area contributed by atoms with Crippen molar-refractivity contribution in [3.05, 3.63) is 65.1 Å². The van der Waals surface area contributed by atoms with Gasteiger partial charge in [-0.25, -0.2) is 0 Å². The molecule has 0 aliphatic carbocycles. The summed E-state index contributed by atoms with van der Waals surface area (Å²) in [6.07, 6.45) is 2.78. The van der Waals surface area contributed by atoms with E-state index in [0.29, 0.717) is 13.2 Å². The van der Waals surface area contributed by atoms with Crippen LogP contribution in [0.1, 0.15) is 20.3 Å². The summed E-state index contributed by atoms with van der Waals surface area (Å²) in [5, 5.41) is 8.73. The highest BCUT2D eigenvalue weighted by Crippen LogP contribution is 2.35. The number of ether oxygens (including phenoxy) is 1. The standard InChI is InChI=1S/C26H34N4O2/c1-26(2)18-28-23-10-9-21(17-24(23)29(3)19-26)32-16-6-12-27-13-15-30-14-11-20-7-4-5-8-22(20)25(30)31/h4-5,7-11,14,17,27-28H,6,12-13,15-16,18-19H2,1-3H3. The van der Waals surface area contributed by atoms with E-state index in [0.717, 1.165) is 54.8 Å². The summed E-state index contributed by atoms with van der Waals surface area (Å²) >= 11 is 0. The zero-order valence-corrected chi connectivity index (χ0v) is 19.4. The van der Waals surface area contributed by atoms with Crippen molar-refractivity contribution >= 4 is 22.1 Å². The molecule has 4 rings (SSSR count). The molecule has 0 spiro atoms. The Labute approximate surface area is 190 Å². The van der Waals surface area contributed by atoms with Crippen molar-refractivity contribution in [3.8, 4) is 5.75 Å². The van der Waals surface area contributed by atoms with Crippen molar-refractivity contribution in [2.75, 3.05) is 50.1 Å². The van der Waals surface area contributed by atoms with E-state index in [1.165, 1.54) is 5.69 Å². The quantitative estimate of drug-likeness (QED) is 0.526. The van der Waals surface area contributed by atoms with Gasteiger partial charge in [0.25, 0.3) is 5.56 Å². The maximum Gasteiger partial charge on any atom is 0.258 e. The fraction of sp³-hybridized carbons (Fsp3) is 0.423. The van der Waals surface area contributed by atoms with Crippen molar-refractivity contribution in [1.82, 2.24) is 9.88 Å². The van der Waals surface area contributed by atoms with Gasteiger partial charge in [0.1, 0.15) is 5.75 Å². The third-order valence-corrected chi connectivity index (χ3v) is 5.99. The average molecular weight is 435 g/mol. The molecule has 0 unspecified atom stereocenters. The monoisotopic (exact) mass is 434 g/mol. The van der Waals surface area contributed by atoms with Crippen LogP contribution >= 0.6 is 0 Å². The summed E-state index contributed by atoms with van der Waals surface area (Å²) in [4.78, 5) is 14.8. The molecular weight excluding hydrogens is 400 g/mol. The molecule has 0 saturated carbocycles. The lowest BCUT2D eigenvalue weighted by molar-refractivity contribution is 0.308. The first-order valence-corrected chi connectivity index (χ1v) is 11.4. The van der Waals surface area contributed by atoms with Crippen molar-refractivity contribution in [3.63, 3.8) is 0 Å². The molecule has 2 N–H and O–H groups in total. The third-order valence-electron chi connectivity index (χ3n) is 5.99. The fourth-order valence-electron chi connectivity index (χ4n) is 4.30. The van der Waals surface area contributed by atoms with Crippen LogP contribution in [-0.4, -0.2) is 44.4 Å². The second-order valence-electron chi connectivity index (χ2n) is 9.41. The number of nitrogens with one attached hydrogen (secondary N) is 2. The number of benzene rings is 2. The summed E-state index contributed by atoms with van der Waals surface area (Å²) in [7, 11) is 2.14. The Morgan fingerprint density at radius 3 is 2.84 bits per heavy atom. The lowest BCUT2D eigenvalue weighted by atomic mass is 9.93. The first kappa shape index (κ1) is 22.2. The number of aromatic nitrogens is 1. The van der Waals surface area contributed by atoms with Crippen LogP contribution in [0.2, 0.25) is 0 Å². The predicted molar refractivity (Wildman–Crippen MR) is 133 cm³/mol. The van der Waals surface area contributed by atoms with Crippen LogP contribution in [0.15, 0.2) is 59.5 Å². The van der Waals surface area contributed by atoms with Gasteiger partial charge in [-0.2, -0.15) is 0 Å². The van der Waals surface area contributed by atoms with Crippen LogP contribution < -0.4 is 25.8 Å². The van der Waals surface area contributed by atoms with E-state index >= 15 is 0 Å². The van der Waals surface area contributed by atoms with E-state index in [9.17, 15) is 4.79 Å². The van der Waals surface area contributed by atoms with Gasteiger partial charge in [-0.05, 0) is 48.0 Å². The Bertz CT molecular complexity index is 1120. The minimum atomic E-state index is 0.0688. The van der Waals surface area contributed by atoms with E-state index in [-0.39, 0.29) is 11.0 Å². The Morgan fingerprint density at radius 1 is 1.12 bits per heavy atom. The first-order valence-electron chi connectivity index (χ1n) is 11.4. The SMILES string of the molecule is CN1CC(C)(C)CNc2ccc(OCCCNCCn3ccc4ccccc4c3=O)cc21. The van der Waals surface area contributed by atoms with Crippen molar-refractivity contribution in [2.24, 2.45) is 5.41 Å². The molecule has 6 heteroatoms. The molecule has 0 bridgehead atoms. The fourth-order valence-corrected chi connectivity index (χ4v) is 4.30. The minimum Gasteiger partial charge on any atom is -0.493 e. The van der Waals surface area contributed by atoms with Crippen LogP contribution in [0.4, 0.5) is 11.4 Å². The minimum absolute atomic E-state index is 0.0688. The Balaban J connectivity index is 1.21. The van der Waals surface area contributed by atoms with E-state index in [1.807, 2.05) is 42.6 Å². The molecule has 2 aromatic carbocycles. The van der Waals surface area contributed by atoms with Crippen molar-refractivity contribution < 1.29 is 4.74 Å². The van der Waals surface area contributed by atoms with Crippen LogP contribution in [0, 0.1) is 5.41 Å². The molecule has 170 valence electrons. The summed E-state index contributed by atoms with van der Waals surface area (Å²) < 4.78 is 7.77. The largest absolute Gasteiger partial charge is 0.493 e. The highest BCUT2D eigenvalue weighted by molar-refractivity contribution is 5.81. The number of nitrogens with zero attached hydrogens (tertiary/aromatic N) is 2. The van der Waals surface area contributed by atoms with Crippen molar-refractivity contribution in [2.45, 2.75) is 26.8 Å². The number of hydrogen-bond acceptors (Lipinski definition) is 5. The molecule has 1 aliphatic heterocycles. The molecule has 6 nitrogen and oxygen atoms in total. The molecule has 1 aliphatic rings. The molecule has 0 saturated heterocycles. The summed E-state index contributed by atoms with van der Waals surface area (Å²) in [6.45, 7) is 9.44. The van der Waals surface area contributed by atoms with Gasteiger partial charge in [0.05, 0.1) is 18.0 Å². The lowest BCUT2D eigenvalue weighted by Gasteiger charge is -2.27. The second-order valence-corrected chi connectivity index (χ2v) is 9.41. The van der Waals surface area contributed by atoms with Gasteiger partial charge in [0.15, 0.2) is 0 Å². The van der Waals surface area contributed by atoms with Crippen molar-refractivity contribution in [1.29, 1.82) is 0 Å². The third kappa shape index (κ3) is 5.25. The van der Waals surface area contributed by atoms with E-state index in [1.54, 1.807) is 4.57 Å². The zero-order chi connectivity index (χ0) is 22.6. The van der Waals surface area contributed by atoms with Crippen LogP contribution in [-0.2, 0) is 6.54 Å². The Kier molecular flexibility index (Phi) is 6.70. The number of rotatable bonds is 8. The zero-order valence-electron chi connectivity index (χ0n) is 19.4. The summed E-state index contributed by atoms with van der Waals surface area (Å²) in [5.41, 5.74) is 2.64. The van der Waals surface area contributed by atoms with Crippen LogP contribution in [0.25, 0.3) is 10.8 Å². The topological polar surface area (TPSA) is 58.5 Å². The number of fused-ring (bicyclic) bond motifs is 2. The second kappa shape index (κ2) is 9.65. The Hall–Kier alpha value is -2.99. The highest BCUT2D eigenvalue weighted by Gasteiger charge is 2.25. The van der Waals surface area contributed by atoms with E-state index in [4.69, 9.17) is 4.74 Å². The molecule has 2 heterocycles. The summed E-state index contributed by atoms with van der Waals surface area (Å²) in [6, 6.07) is 16.0. The van der Waals surface area contributed by atoms with Gasteiger partial charge < -0.3 is 24.8 Å². The van der Waals surface area contributed by atoms with Gasteiger partial charge in [-0.15, -0.1) is 0 Å². The Morgan fingerprint density at radius 2 is 1.97 bits per heavy atom. The van der Waals surface area contributed by atoms with E-state index < -0.39 is 0 Å².